The molecule has 0 aromatic heterocycles. The van der Waals surface area contributed by atoms with Gasteiger partial charge in [-0.25, -0.2) is 0 Å². The molecule has 0 saturated heterocycles. The van der Waals surface area contributed by atoms with Crippen LogP contribution in [0.2, 0.25) is 0 Å². The fourth-order valence-electron chi connectivity index (χ4n) is 4.68. The van der Waals surface area contributed by atoms with Crippen LogP contribution in [0.3, 0.4) is 0 Å². The van der Waals surface area contributed by atoms with Crippen LogP contribution in [-0.4, -0.2) is 41.9 Å². The highest BCUT2D eigenvalue weighted by molar-refractivity contribution is 7.85. The van der Waals surface area contributed by atoms with E-state index in [0.29, 0.717) is 6.42 Å². The van der Waals surface area contributed by atoms with E-state index in [-0.39, 0.29) is 12.3 Å². The lowest BCUT2D eigenvalue weighted by Gasteiger charge is -2.21. The number of allylic oxidation sites excluding steroid dienone is 13. The van der Waals surface area contributed by atoms with E-state index < -0.39 is 28.0 Å². The molecule has 0 heterocycles. The molecule has 2 unspecified atom stereocenters. The van der Waals surface area contributed by atoms with Gasteiger partial charge in [0, 0.05) is 6.42 Å². The molecule has 0 aliphatic heterocycles. The zero-order valence-electron chi connectivity index (χ0n) is 28.9. The number of aliphatic hydroxyl groups excluding tert-OH is 1. The molecule has 0 aliphatic rings. The van der Waals surface area contributed by atoms with Crippen LogP contribution in [0.1, 0.15) is 136 Å². The van der Waals surface area contributed by atoms with Crippen molar-refractivity contribution >= 4 is 16.0 Å². The van der Waals surface area contributed by atoms with E-state index in [9.17, 15) is 22.9 Å². The van der Waals surface area contributed by atoms with Crippen molar-refractivity contribution in [2.24, 2.45) is 0 Å². The van der Waals surface area contributed by atoms with Crippen molar-refractivity contribution in [1.29, 1.82) is 0 Å². The van der Waals surface area contributed by atoms with E-state index in [1.807, 2.05) is 6.08 Å². The third kappa shape index (κ3) is 32.9. The van der Waals surface area contributed by atoms with Gasteiger partial charge in [-0.15, -0.1) is 0 Å². The van der Waals surface area contributed by atoms with Crippen molar-refractivity contribution in [3.8, 4) is 0 Å². The number of carbonyl (C=O) groups is 1. The summed E-state index contributed by atoms with van der Waals surface area (Å²) in [5.41, 5.74) is 0. The number of hydrogen-bond acceptors (Lipinski definition) is 4. The first kappa shape index (κ1) is 43.5. The highest BCUT2D eigenvalue weighted by Gasteiger charge is 2.24. The van der Waals surface area contributed by atoms with Crippen LogP contribution in [0.4, 0.5) is 0 Å². The number of aliphatic hydroxyl groups is 1. The van der Waals surface area contributed by atoms with Gasteiger partial charge in [0.15, 0.2) is 0 Å². The Labute approximate surface area is 282 Å². The molecule has 0 rings (SSSR count). The molecular weight excluding hydrogens is 594 g/mol. The minimum atomic E-state index is -4.36. The zero-order chi connectivity index (χ0) is 34.0. The van der Waals surface area contributed by atoms with Crippen molar-refractivity contribution in [1.82, 2.24) is 5.32 Å². The number of nitrogens with one attached hydrogen (secondary N) is 1. The fraction of sp³-hybridized carbons (Fsp3) is 0.615. The molecule has 0 aliphatic carbocycles. The van der Waals surface area contributed by atoms with E-state index in [1.54, 1.807) is 0 Å². The minimum absolute atomic E-state index is 0.235. The fourth-order valence-corrected chi connectivity index (χ4v) is 5.42. The second-order valence-electron chi connectivity index (χ2n) is 11.8. The van der Waals surface area contributed by atoms with Crippen molar-refractivity contribution < 1.29 is 22.9 Å². The summed E-state index contributed by atoms with van der Waals surface area (Å²) in [4.78, 5) is 12.4. The molecule has 3 N–H and O–H groups in total. The van der Waals surface area contributed by atoms with Crippen LogP contribution in [0, 0.1) is 0 Å². The first-order chi connectivity index (χ1) is 22.3. The average molecular weight is 660 g/mol. The smallest absolute Gasteiger partial charge is 0.267 e. The van der Waals surface area contributed by atoms with Gasteiger partial charge >= 0.3 is 0 Å². The van der Waals surface area contributed by atoms with Crippen LogP contribution in [0.15, 0.2) is 85.1 Å². The number of hydrogen-bond donors (Lipinski definition) is 3. The second kappa shape index (κ2) is 32.5. The van der Waals surface area contributed by atoms with E-state index in [1.165, 1.54) is 44.6 Å². The Hall–Kier alpha value is -2.48. The van der Waals surface area contributed by atoms with Gasteiger partial charge in [-0.05, 0) is 70.6 Å². The molecule has 0 aromatic carbocycles. The summed E-state index contributed by atoms with van der Waals surface area (Å²) in [5.74, 6) is -1.05. The highest BCUT2D eigenvalue weighted by Crippen LogP contribution is 2.11. The molecule has 1 amide bonds. The molecule has 46 heavy (non-hydrogen) atoms. The topological polar surface area (TPSA) is 104 Å². The predicted molar refractivity (Wildman–Crippen MR) is 197 cm³/mol. The van der Waals surface area contributed by atoms with Gasteiger partial charge < -0.3 is 10.4 Å². The summed E-state index contributed by atoms with van der Waals surface area (Å²) in [5, 5.41) is 13.1. The molecule has 0 bridgehead atoms. The van der Waals surface area contributed by atoms with Crippen LogP contribution in [0.25, 0.3) is 0 Å². The van der Waals surface area contributed by atoms with E-state index in [2.05, 4.69) is 92.1 Å². The molecule has 6 nitrogen and oxygen atoms in total. The quantitative estimate of drug-likeness (QED) is 0.0404. The molecule has 2 atom stereocenters. The lowest BCUT2D eigenvalue weighted by molar-refractivity contribution is -0.122. The second-order valence-corrected chi connectivity index (χ2v) is 13.3. The highest BCUT2D eigenvalue weighted by atomic mass is 32.2. The summed E-state index contributed by atoms with van der Waals surface area (Å²) >= 11 is 0. The van der Waals surface area contributed by atoms with Gasteiger partial charge in [-0.3, -0.25) is 9.35 Å². The minimum Gasteiger partial charge on any atom is -0.387 e. The maximum atomic E-state index is 12.4. The van der Waals surface area contributed by atoms with Crippen LogP contribution >= 0.6 is 0 Å². The summed E-state index contributed by atoms with van der Waals surface area (Å²) in [6.07, 6.45) is 47.1. The van der Waals surface area contributed by atoms with Gasteiger partial charge in [-0.2, -0.15) is 8.42 Å². The van der Waals surface area contributed by atoms with Gasteiger partial charge in [0.05, 0.1) is 17.9 Å². The predicted octanol–water partition coefficient (Wildman–Crippen LogP) is 10.1. The Morgan fingerprint density at radius 2 is 1.04 bits per heavy atom. The molecule has 0 aromatic rings. The summed E-state index contributed by atoms with van der Waals surface area (Å²) in [7, 11) is -4.36. The molecule has 0 fully saturated rings. The molecular formula is C39H65NO5S. The van der Waals surface area contributed by atoms with Crippen LogP contribution in [0.5, 0.6) is 0 Å². The normalized spacial score (nSPS) is 14.4. The van der Waals surface area contributed by atoms with E-state index in [0.717, 1.165) is 70.6 Å². The molecule has 7 heteroatoms. The first-order valence-corrected chi connectivity index (χ1v) is 19.4. The summed E-state index contributed by atoms with van der Waals surface area (Å²) in [6, 6.07) is -1.08. The van der Waals surface area contributed by atoms with Crippen molar-refractivity contribution in [2.45, 2.75) is 148 Å². The largest absolute Gasteiger partial charge is 0.387 e. The zero-order valence-corrected chi connectivity index (χ0v) is 29.7. The standard InChI is InChI=1S/C39H65NO5S/c1-3-5-7-9-11-13-15-16-17-18-19-20-21-22-23-24-25-27-29-31-33-35-39(42)40-37(36-46(43,44)45)38(41)34-32-30-28-26-14-12-10-8-6-4-2/h5,7,11,13,16-17,19-20,22-23,25,27,32,34,37-38,41H,3-4,6,8-10,12,14-15,18,21,24,26,28-31,33,35-36H2,1-2H3,(H,40,42)(H,43,44,45)/b7-5-,13-11-,17-16-,20-19-,23-22-,27-25-,34-32+. The first-order valence-electron chi connectivity index (χ1n) is 17.8. The van der Waals surface area contributed by atoms with Crippen molar-refractivity contribution in [2.75, 3.05) is 5.75 Å². The Morgan fingerprint density at radius 1 is 0.609 bits per heavy atom. The number of amides is 1. The average Bonchev–Trinajstić information content (AvgIpc) is 3.01. The van der Waals surface area contributed by atoms with Crippen LogP contribution < -0.4 is 5.32 Å². The van der Waals surface area contributed by atoms with Crippen molar-refractivity contribution in [3.05, 3.63) is 85.1 Å². The molecule has 0 saturated carbocycles. The van der Waals surface area contributed by atoms with E-state index >= 15 is 0 Å². The third-order valence-corrected chi connectivity index (χ3v) is 8.11. The van der Waals surface area contributed by atoms with Gasteiger partial charge in [0.2, 0.25) is 5.91 Å². The molecule has 0 radical (unpaired) electrons. The number of rotatable bonds is 30. The van der Waals surface area contributed by atoms with E-state index in [4.69, 9.17) is 0 Å². The Kier molecular flexibility index (Phi) is 30.7. The lowest BCUT2D eigenvalue weighted by atomic mass is 10.1. The molecule has 0 spiro atoms. The third-order valence-electron chi connectivity index (χ3n) is 7.33. The maximum Gasteiger partial charge on any atom is 0.267 e. The van der Waals surface area contributed by atoms with Gasteiger partial charge in [0.1, 0.15) is 0 Å². The monoisotopic (exact) mass is 659 g/mol. The maximum absolute atomic E-state index is 12.4. The Bertz CT molecular complexity index is 1040. The van der Waals surface area contributed by atoms with Gasteiger partial charge in [-0.1, -0.05) is 144 Å². The lowest BCUT2D eigenvalue weighted by Crippen LogP contribution is -2.46. The summed E-state index contributed by atoms with van der Waals surface area (Å²) in [6.45, 7) is 4.35. The Morgan fingerprint density at radius 3 is 1.54 bits per heavy atom. The number of unbranched alkanes of at least 4 members (excludes halogenated alkanes) is 10. The molecule has 262 valence electrons. The van der Waals surface area contributed by atoms with Gasteiger partial charge in [0.25, 0.3) is 10.1 Å². The Balaban J connectivity index is 4.11. The van der Waals surface area contributed by atoms with Crippen LogP contribution in [-0.2, 0) is 14.9 Å². The SMILES string of the molecule is CC/C=C\C/C=C\C/C=C\C/C=C\C/C=C\C/C=C\CCCCC(=O)NC(CS(=O)(=O)O)C(O)/C=C/CCCCCCCCCC. The number of carbonyl (C=O) groups excluding carboxylic acids is 1. The van der Waals surface area contributed by atoms with Crippen molar-refractivity contribution in [3.63, 3.8) is 0 Å². The summed E-state index contributed by atoms with van der Waals surface area (Å²) < 4.78 is 32.3.